The molecule has 2 N–H and O–H groups in total. The van der Waals surface area contributed by atoms with Crippen LogP contribution < -0.4 is 5.32 Å². The van der Waals surface area contributed by atoms with Gasteiger partial charge in [0.15, 0.2) is 0 Å². The zero-order chi connectivity index (χ0) is 17.2. The standard InChI is InChI=1S/C16H24N2O4S2/c19-13-5-3-12(4-6-13)17-15(20)11-14-7-8-16(23-14)24(21,22)18-9-1-2-10-18/h7-8,12-13,19H,1-6,9-11H2,(H,17,20). The minimum Gasteiger partial charge on any atom is -0.393 e. The predicted octanol–water partition coefficient (Wildman–Crippen LogP) is 1.49. The summed E-state index contributed by atoms with van der Waals surface area (Å²) in [6, 6.07) is 3.46. The lowest BCUT2D eigenvalue weighted by Gasteiger charge is -2.26. The van der Waals surface area contributed by atoms with Gasteiger partial charge in [-0.25, -0.2) is 8.42 Å². The average molecular weight is 373 g/mol. The number of rotatable bonds is 5. The molecule has 1 saturated carbocycles. The molecule has 24 heavy (non-hydrogen) atoms. The number of amides is 1. The summed E-state index contributed by atoms with van der Waals surface area (Å²) in [6.07, 6.45) is 4.83. The van der Waals surface area contributed by atoms with E-state index < -0.39 is 10.0 Å². The Morgan fingerprint density at radius 3 is 2.54 bits per heavy atom. The second-order valence-corrected chi connectivity index (χ2v) is 9.91. The van der Waals surface area contributed by atoms with Crippen molar-refractivity contribution in [2.45, 2.75) is 61.3 Å². The molecule has 2 fully saturated rings. The maximum atomic E-state index is 12.5. The first-order valence-corrected chi connectivity index (χ1v) is 10.8. The highest BCUT2D eigenvalue weighted by Crippen LogP contribution is 2.27. The van der Waals surface area contributed by atoms with Crippen LogP contribution in [0.5, 0.6) is 0 Å². The summed E-state index contributed by atoms with van der Waals surface area (Å²) < 4.78 is 26.8. The van der Waals surface area contributed by atoms with Gasteiger partial charge >= 0.3 is 0 Å². The zero-order valence-corrected chi connectivity index (χ0v) is 15.2. The molecule has 1 aromatic heterocycles. The number of thiophene rings is 1. The van der Waals surface area contributed by atoms with Crippen LogP contribution in [0.1, 0.15) is 43.4 Å². The number of nitrogens with one attached hydrogen (secondary N) is 1. The van der Waals surface area contributed by atoms with Crippen molar-refractivity contribution >= 4 is 27.3 Å². The van der Waals surface area contributed by atoms with E-state index in [1.165, 1.54) is 15.6 Å². The molecule has 8 heteroatoms. The Labute approximate surface area is 146 Å². The third kappa shape index (κ3) is 4.17. The summed E-state index contributed by atoms with van der Waals surface area (Å²) in [5.74, 6) is -0.0802. The van der Waals surface area contributed by atoms with Crippen molar-refractivity contribution in [3.05, 3.63) is 17.0 Å². The first-order chi connectivity index (χ1) is 11.4. The first kappa shape index (κ1) is 17.8. The summed E-state index contributed by atoms with van der Waals surface area (Å²) in [5, 5.41) is 12.5. The minimum absolute atomic E-state index is 0.0802. The Kier molecular flexibility index (Phi) is 5.59. The number of nitrogens with zero attached hydrogens (tertiary/aromatic N) is 1. The van der Waals surface area contributed by atoms with Gasteiger partial charge in [0.25, 0.3) is 10.0 Å². The van der Waals surface area contributed by atoms with Crippen LogP contribution in [-0.2, 0) is 21.2 Å². The Balaban J connectivity index is 1.56. The highest BCUT2D eigenvalue weighted by atomic mass is 32.2. The molecule has 6 nitrogen and oxygen atoms in total. The van der Waals surface area contributed by atoms with Crippen LogP contribution in [0.15, 0.2) is 16.3 Å². The third-order valence-electron chi connectivity index (χ3n) is 4.69. The maximum Gasteiger partial charge on any atom is 0.252 e. The number of carbonyl (C=O) groups is 1. The van der Waals surface area contributed by atoms with Gasteiger partial charge in [-0.3, -0.25) is 4.79 Å². The quantitative estimate of drug-likeness (QED) is 0.820. The molecule has 2 aliphatic rings. The molecular weight excluding hydrogens is 348 g/mol. The van der Waals surface area contributed by atoms with E-state index in [-0.39, 0.29) is 24.5 Å². The molecule has 1 aliphatic carbocycles. The molecule has 0 aromatic carbocycles. The van der Waals surface area contributed by atoms with E-state index in [0.29, 0.717) is 17.3 Å². The van der Waals surface area contributed by atoms with E-state index in [2.05, 4.69) is 5.32 Å². The highest BCUT2D eigenvalue weighted by Gasteiger charge is 2.28. The molecule has 1 saturated heterocycles. The fourth-order valence-corrected chi connectivity index (χ4v) is 6.33. The van der Waals surface area contributed by atoms with Gasteiger partial charge in [0, 0.05) is 24.0 Å². The topological polar surface area (TPSA) is 86.7 Å². The first-order valence-electron chi connectivity index (χ1n) is 8.51. The monoisotopic (exact) mass is 372 g/mol. The molecule has 3 rings (SSSR count). The molecule has 2 heterocycles. The van der Waals surface area contributed by atoms with Crippen molar-refractivity contribution in [3.8, 4) is 0 Å². The van der Waals surface area contributed by atoms with Crippen LogP contribution in [0.4, 0.5) is 0 Å². The molecular formula is C16H24N2O4S2. The van der Waals surface area contributed by atoms with Crippen LogP contribution in [0.25, 0.3) is 0 Å². The fraction of sp³-hybridized carbons (Fsp3) is 0.688. The van der Waals surface area contributed by atoms with Crippen LogP contribution in [0.3, 0.4) is 0 Å². The fourth-order valence-electron chi connectivity index (χ4n) is 3.30. The van der Waals surface area contributed by atoms with Crippen molar-refractivity contribution in [1.82, 2.24) is 9.62 Å². The molecule has 0 unspecified atom stereocenters. The number of aliphatic hydroxyl groups excluding tert-OH is 1. The summed E-state index contributed by atoms with van der Waals surface area (Å²) in [7, 11) is -3.39. The van der Waals surface area contributed by atoms with Gasteiger partial charge in [0.1, 0.15) is 4.21 Å². The van der Waals surface area contributed by atoms with E-state index in [9.17, 15) is 18.3 Å². The molecule has 0 bridgehead atoms. The number of hydrogen-bond donors (Lipinski definition) is 2. The number of hydrogen-bond acceptors (Lipinski definition) is 5. The van der Waals surface area contributed by atoms with Crippen LogP contribution in [0, 0.1) is 0 Å². The smallest absolute Gasteiger partial charge is 0.252 e. The van der Waals surface area contributed by atoms with Gasteiger partial charge in [0.05, 0.1) is 12.5 Å². The van der Waals surface area contributed by atoms with E-state index in [4.69, 9.17) is 0 Å². The van der Waals surface area contributed by atoms with E-state index in [1.807, 2.05) is 0 Å². The van der Waals surface area contributed by atoms with Crippen LogP contribution in [0.2, 0.25) is 0 Å². The molecule has 1 aliphatic heterocycles. The maximum absolute atomic E-state index is 12.5. The highest BCUT2D eigenvalue weighted by molar-refractivity contribution is 7.91. The largest absolute Gasteiger partial charge is 0.393 e. The lowest BCUT2D eigenvalue weighted by molar-refractivity contribution is -0.121. The van der Waals surface area contributed by atoms with Crippen molar-refractivity contribution in [2.24, 2.45) is 0 Å². The zero-order valence-electron chi connectivity index (χ0n) is 13.6. The van der Waals surface area contributed by atoms with Gasteiger partial charge in [-0.2, -0.15) is 4.31 Å². The Morgan fingerprint density at radius 2 is 1.88 bits per heavy atom. The van der Waals surface area contributed by atoms with E-state index >= 15 is 0 Å². The predicted molar refractivity (Wildman–Crippen MR) is 92.4 cm³/mol. The number of sulfonamides is 1. The van der Waals surface area contributed by atoms with Crippen LogP contribution in [-0.4, -0.2) is 49.0 Å². The Morgan fingerprint density at radius 1 is 1.21 bits per heavy atom. The van der Waals surface area contributed by atoms with Crippen molar-refractivity contribution in [2.75, 3.05) is 13.1 Å². The molecule has 0 atom stereocenters. The van der Waals surface area contributed by atoms with Gasteiger partial charge in [-0.15, -0.1) is 11.3 Å². The second kappa shape index (κ2) is 7.51. The summed E-state index contributed by atoms with van der Waals surface area (Å²) >= 11 is 1.19. The average Bonchev–Trinajstić information content (AvgIpc) is 3.21. The minimum atomic E-state index is -3.39. The van der Waals surface area contributed by atoms with Gasteiger partial charge in [-0.05, 0) is 50.7 Å². The van der Waals surface area contributed by atoms with Crippen molar-refractivity contribution < 1.29 is 18.3 Å². The van der Waals surface area contributed by atoms with Gasteiger partial charge in [-0.1, -0.05) is 0 Å². The second-order valence-electron chi connectivity index (χ2n) is 6.58. The number of carbonyl (C=O) groups excluding carboxylic acids is 1. The summed E-state index contributed by atoms with van der Waals surface area (Å²) in [6.45, 7) is 1.17. The molecule has 0 radical (unpaired) electrons. The van der Waals surface area contributed by atoms with Gasteiger partial charge < -0.3 is 10.4 Å². The number of aliphatic hydroxyl groups is 1. The van der Waals surface area contributed by atoms with Crippen molar-refractivity contribution in [3.63, 3.8) is 0 Å². The van der Waals surface area contributed by atoms with E-state index in [0.717, 1.165) is 43.4 Å². The summed E-state index contributed by atoms with van der Waals surface area (Å²) in [5.41, 5.74) is 0. The molecule has 0 spiro atoms. The van der Waals surface area contributed by atoms with E-state index in [1.54, 1.807) is 12.1 Å². The Bertz CT molecular complexity index is 672. The SMILES string of the molecule is O=C(Cc1ccc(S(=O)(=O)N2CCCC2)s1)NC1CCC(O)CC1. The van der Waals surface area contributed by atoms with Crippen LogP contribution >= 0.6 is 11.3 Å². The lowest BCUT2D eigenvalue weighted by atomic mass is 9.93. The Hall–Kier alpha value is -0.960. The molecule has 1 aromatic rings. The molecule has 134 valence electrons. The van der Waals surface area contributed by atoms with Gasteiger partial charge in [0.2, 0.25) is 5.91 Å². The normalized spacial score (nSPS) is 25.7. The third-order valence-corrected chi connectivity index (χ3v) is 8.14. The lowest BCUT2D eigenvalue weighted by Crippen LogP contribution is -2.39. The summed E-state index contributed by atoms with van der Waals surface area (Å²) in [4.78, 5) is 12.9. The van der Waals surface area contributed by atoms with Crippen molar-refractivity contribution in [1.29, 1.82) is 0 Å². The molecule has 1 amide bonds.